The highest BCUT2D eigenvalue weighted by Gasteiger charge is 2.11. The summed E-state index contributed by atoms with van der Waals surface area (Å²) in [5, 5.41) is 0. The number of nitrogen functional groups attached to an aromatic ring is 1. The van der Waals surface area contributed by atoms with E-state index in [9.17, 15) is 0 Å². The van der Waals surface area contributed by atoms with Gasteiger partial charge >= 0.3 is 6.01 Å². The van der Waals surface area contributed by atoms with Crippen LogP contribution in [0.1, 0.15) is 18.9 Å². The lowest BCUT2D eigenvalue weighted by Gasteiger charge is -2.17. The predicted octanol–water partition coefficient (Wildman–Crippen LogP) is 1.18. The molecule has 0 fully saturated rings. The molecule has 0 saturated carbocycles. The molecule has 0 aliphatic heterocycles. The number of hydrogen-bond acceptors (Lipinski definition) is 8. The van der Waals surface area contributed by atoms with Crippen LogP contribution in [-0.4, -0.2) is 28.6 Å². The van der Waals surface area contributed by atoms with E-state index in [0.29, 0.717) is 19.1 Å². The van der Waals surface area contributed by atoms with Gasteiger partial charge in [0, 0.05) is 19.2 Å². The lowest BCUT2D eigenvalue weighted by atomic mass is 10.3. The summed E-state index contributed by atoms with van der Waals surface area (Å²) in [7, 11) is 1.87. The molecule has 0 saturated heterocycles. The van der Waals surface area contributed by atoms with E-state index >= 15 is 0 Å². The molecule has 0 amide bonds. The van der Waals surface area contributed by atoms with Gasteiger partial charge in [0.2, 0.25) is 11.9 Å². The molecule has 0 aliphatic carbocycles. The van der Waals surface area contributed by atoms with Gasteiger partial charge in [-0.1, -0.05) is 6.92 Å². The van der Waals surface area contributed by atoms with Crippen LogP contribution < -0.4 is 20.9 Å². The highest BCUT2D eigenvalue weighted by Crippen LogP contribution is 2.16. The molecule has 108 valence electrons. The van der Waals surface area contributed by atoms with Crippen LogP contribution in [0.15, 0.2) is 23.0 Å². The second-order valence-electron chi connectivity index (χ2n) is 4.22. The number of nitrogens with one attached hydrogen (secondary N) is 1. The van der Waals surface area contributed by atoms with E-state index in [0.717, 1.165) is 12.0 Å². The summed E-state index contributed by atoms with van der Waals surface area (Å²) in [5.74, 6) is 6.10. The molecule has 20 heavy (non-hydrogen) atoms. The number of rotatable bonds is 7. The fraction of sp³-hybridized carbons (Fsp3) is 0.417. The lowest BCUT2D eigenvalue weighted by molar-refractivity contribution is 0.292. The minimum atomic E-state index is 0.254. The third kappa shape index (κ3) is 3.58. The fourth-order valence-corrected chi connectivity index (χ4v) is 1.57. The third-order valence-electron chi connectivity index (χ3n) is 2.51. The van der Waals surface area contributed by atoms with E-state index in [1.165, 1.54) is 0 Å². The molecule has 0 atom stereocenters. The molecular formula is C12H18N6O2. The molecular weight excluding hydrogens is 260 g/mol. The fourth-order valence-electron chi connectivity index (χ4n) is 1.57. The Kier molecular flexibility index (Phi) is 4.72. The van der Waals surface area contributed by atoms with Crippen molar-refractivity contribution in [3.63, 3.8) is 0 Å². The molecule has 8 nitrogen and oxygen atoms in total. The Morgan fingerprint density at radius 2 is 2.25 bits per heavy atom. The van der Waals surface area contributed by atoms with Gasteiger partial charge in [-0.3, -0.25) is 5.43 Å². The molecule has 2 aromatic heterocycles. The van der Waals surface area contributed by atoms with Crippen LogP contribution in [0.4, 0.5) is 11.9 Å². The van der Waals surface area contributed by atoms with Crippen LogP contribution in [0, 0.1) is 0 Å². The molecule has 0 aromatic carbocycles. The maximum Gasteiger partial charge on any atom is 0.323 e. The van der Waals surface area contributed by atoms with Crippen molar-refractivity contribution in [3.05, 3.63) is 24.2 Å². The van der Waals surface area contributed by atoms with Crippen LogP contribution in [0.2, 0.25) is 0 Å². The van der Waals surface area contributed by atoms with Gasteiger partial charge in [0.25, 0.3) is 0 Å². The summed E-state index contributed by atoms with van der Waals surface area (Å²) in [6.07, 6.45) is 4.17. The number of anilines is 2. The van der Waals surface area contributed by atoms with Crippen molar-refractivity contribution in [2.24, 2.45) is 5.84 Å². The second-order valence-corrected chi connectivity index (χ2v) is 4.22. The zero-order valence-corrected chi connectivity index (χ0v) is 11.5. The van der Waals surface area contributed by atoms with Crippen LogP contribution in [-0.2, 0) is 6.54 Å². The van der Waals surface area contributed by atoms with Crippen molar-refractivity contribution in [1.82, 2.24) is 15.0 Å². The number of hydrazine groups is 1. The first-order valence-corrected chi connectivity index (χ1v) is 6.30. The quantitative estimate of drug-likeness (QED) is 0.575. The van der Waals surface area contributed by atoms with Crippen LogP contribution in [0.3, 0.4) is 0 Å². The number of ether oxygens (including phenoxy) is 1. The van der Waals surface area contributed by atoms with Crippen molar-refractivity contribution < 1.29 is 9.15 Å². The Morgan fingerprint density at radius 3 is 2.90 bits per heavy atom. The zero-order valence-electron chi connectivity index (χ0n) is 11.5. The predicted molar refractivity (Wildman–Crippen MR) is 74.2 cm³/mol. The highest BCUT2D eigenvalue weighted by atomic mass is 16.5. The van der Waals surface area contributed by atoms with Crippen LogP contribution in [0.5, 0.6) is 6.01 Å². The van der Waals surface area contributed by atoms with Crippen molar-refractivity contribution in [3.8, 4) is 6.01 Å². The van der Waals surface area contributed by atoms with Gasteiger partial charge in [-0.2, -0.15) is 15.0 Å². The lowest BCUT2D eigenvalue weighted by Crippen LogP contribution is -2.21. The van der Waals surface area contributed by atoms with Gasteiger partial charge in [-0.25, -0.2) is 5.84 Å². The number of hydrogen-bond donors (Lipinski definition) is 2. The second kappa shape index (κ2) is 6.71. The summed E-state index contributed by atoms with van der Waals surface area (Å²) < 4.78 is 10.5. The average Bonchev–Trinajstić information content (AvgIpc) is 2.97. The summed E-state index contributed by atoms with van der Waals surface area (Å²) in [6.45, 7) is 3.16. The zero-order chi connectivity index (χ0) is 14.4. The molecule has 8 heteroatoms. The van der Waals surface area contributed by atoms with Crippen molar-refractivity contribution in [2.45, 2.75) is 19.9 Å². The third-order valence-corrected chi connectivity index (χ3v) is 2.51. The topological polar surface area (TPSA) is 102 Å². The van der Waals surface area contributed by atoms with Crippen molar-refractivity contribution in [1.29, 1.82) is 0 Å². The molecule has 0 bridgehead atoms. The largest absolute Gasteiger partial charge is 0.472 e. The summed E-state index contributed by atoms with van der Waals surface area (Å²) in [5.41, 5.74) is 3.43. The normalized spacial score (nSPS) is 10.3. The average molecular weight is 278 g/mol. The minimum absolute atomic E-state index is 0.254. The maximum absolute atomic E-state index is 5.42. The van der Waals surface area contributed by atoms with Gasteiger partial charge in [-0.05, 0) is 12.5 Å². The number of nitrogens with zero attached hydrogens (tertiary/aromatic N) is 4. The number of furan rings is 1. The van der Waals surface area contributed by atoms with Gasteiger partial charge in [0.05, 0.1) is 19.1 Å². The summed E-state index contributed by atoms with van der Waals surface area (Å²) in [4.78, 5) is 14.3. The van der Waals surface area contributed by atoms with Gasteiger partial charge in [-0.15, -0.1) is 0 Å². The highest BCUT2D eigenvalue weighted by molar-refractivity contribution is 5.37. The Bertz CT molecular complexity index is 531. The monoisotopic (exact) mass is 278 g/mol. The van der Waals surface area contributed by atoms with Crippen LogP contribution >= 0.6 is 0 Å². The molecule has 3 N–H and O–H groups in total. The Hall–Kier alpha value is -2.35. The molecule has 2 heterocycles. The van der Waals surface area contributed by atoms with E-state index in [1.54, 1.807) is 12.5 Å². The summed E-state index contributed by atoms with van der Waals surface area (Å²) >= 11 is 0. The summed E-state index contributed by atoms with van der Waals surface area (Å²) in [6, 6.07) is 2.14. The molecule has 2 rings (SSSR count). The standard InChI is InChI=1S/C12H18N6O2/c1-3-5-20-12-15-10(17-13)14-11(16-12)18(2)7-9-4-6-19-8-9/h4,6,8H,3,5,7,13H2,1-2H3,(H,14,15,16,17). The van der Waals surface area contributed by atoms with E-state index in [1.807, 2.05) is 24.9 Å². The Morgan fingerprint density at radius 1 is 1.40 bits per heavy atom. The smallest absolute Gasteiger partial charge is 0.323 e. The number of aromatic nitrogens is 3. The molecule has 0 spiro atoms. The Balaban J connectivity index is 2.16. The number of nitrogens with two attached hydrogens (primary N) is 1. The van der Waals surface area contributed by atoms with Gasteiger partial charge in [0.1, 0.15) is 0 Å². The van der Waals surface area contributed by atoms with E-state index in [2.05, 4.69) is 20.4 Å². The minimum Gasteiger partial charge on any atom is -0.472 e. The van der Waals surface area contributed by atoms with E-state index in [4.69, 9.17) is 15.0 Å². The maximum atomic E-state index is 5.42. The molecule has 0 radical (unpaired) electrons. The Labute approximate surface area is 116 Å². The van der Waals surface area contributed by atoms with E-state index < -0.39 is 0 Å². The first kappa shape index (κ1) is 14.1. The SMILES string of the molecule is CCCOc1nc(NN)nc(N(C)Cc2ccoc2)n1. The van der Waals surface area contributed by atoms with Crippen LogP contribution in [0.25, 0.3) is 0 Å². The van der Waals surface area contributed by atoms with Gasteiger partial charge < -0.3 is 14.1 Å². The molecule has 2 aromatic rings. The van der Waals surface area contributed by atoms with Crippen molar-refractivity contribution in [2.75, 3.05) is 24.0 Å². The first-order valence-electron chi connectivity index (χ1n) is 6.30. The van der Waals surface area contributed by atoms with E-state index in [-0.39, 0.29) is 12.0 Å². The first-order chi connectivity index (χ1) is 9.72. The molecule has 0 unspecified atom stereocenters. The molecule has 0 aliphatic rings. The van der Waals surface area contributed by atoms with Gasteiger partial charge in [0.15, 0.2) is 0 Å². The van der Waals surface area contributed by atoms with Crippen molar-refractivity contribution >= 4 is 11.9 Å².